The number of likely N-dealkylation sites (tertiary alicyclic amines) is 1. The summed E-state index contributed by atoms with van der Waals surface area (Å²) in [4.78, 5) is 2.18. The number of sulfonamides is 1. The molecule has 0 aromatic carbocycles. The third-order valence-electron chi connectivity index (χ3n) is 2.48. The summed E-state index contributed by atoms with van der Waals surface area (Å²) in [5, 5.41) is 1.07. The Bertz CT molecular complexity index is 400. The topological polar surface area (TPSA) is 59.0 Å². The quantitative estimate of drug-likeness (QED) is 0.687. The summed E-state index contributed by atoms with van der Waals surface area (Å²) < 4.78 is 30.9. The minimum Gasteiger partial charge on any atom is -0.487 e. The minimum absolute atomic E-state index is 0.0785. The van der Waals surface area contributed by atoms with Gasteiger partial charge in [-0.1, -0.05) is 0 Å². The van der Waals surface area contributed by atoms with Crippen molar-refractivity contribution in [3.8, 4) is 0 Å². The molecule has 5 nitrogen and oxygen atoms in total. The van der Waals surface area contributed by atoms with Crippen LogP contribution >= 0.6 is 0 Å². The Morgan fingerprint density at radius 2 is 2.40 bits per heavy atom. The summed E-state index contributed by atoms with van der Waals surface area (Å²) >= 11 is 0. The van der Waals surface area contributed by atoms with E-state index in [1.807, 2.05) is 7.05 Å². The lowest BCUT2D eigenvalue weighted by Gasteiger charge is -2.29. The van der Waals surface area contributed by atoms with Crippen LogP contribution in [0.3, 0.4) is 0 Å². The van der Waals surface area contributed by atoms with Crippen molar-refractivity contribution in [2.75, 3.05) is 20.1 Å². The molecule has 0 spiro atoms. The van der Waals surface area contributed by atoms with Crippen molar-refractivity contribution in [2.24, 2.45) is 4.40 Å². The molecule has 0 radical (unpaired) electrons. The molecule has 15 heavy (non-hydrogen) atoms. The standard InChI is InChI=1S/C9H14N2O3S/c1-11-4-2-3-8(6-11)14-9-5-10-15(12,13)7-9/h5,7-8H,2-4,6H2,1H3. The Morgan fingerprint density at radius 1 is 1.60 bits per heavy atom. The van der Waals surface area contributed by atoms with Gasteiger partial charge in [0.1, 0.15) is 6.10 Å². The van der Waals surface area contributed by atoms with E-state index in [1.54, 1.807) is 0 Å². The average Bonchev–Trinajstić information content (AvgIpc) is 2.45. The number of allylic oxidation sites excluding steroid dienone is 1. The summed E-state index contributed by atoms with van der Waals surface area (Å²) in [5.74, 6) is 0.357. The van der Waals surface area contributed by atoms with Crippen LogP contribution in [0.5, 0.6) is 0 Å². The van der Waals surface area contributed by atoms with Gasteiger partial charge in [0, 0.05) is 6.54 Å². The summed E-state index contributed by atoms with van der Waals surface area (Å²) in [6, 6.07) is 0. The fourth-order valence-electron chi connectivity index (χ4n) is 1.80. The average molecular weight is 230 g/mol. The molecule has 0 aromatic rings. The molecule has 0 aromatic heterocycles. The van der Waals surface area contributed by atoms with Crippen molar-refractivity contribution < 1.29 is 13.2 Å². The van der Waals surface area contributed by atoms with Gasteiger partial charge in [0.05, 0.1) is 11.6 Å². The zero-order valence-electron chi connectivity index (χ0n) is 8.59. The first-order chi connectivity index (χ1) is 7.05. The van der Waals surface area contributed by atoms with Gasteiger partial charge >= 0.3 is 0 Å². The Kier molecular flexibility index (Phi) is 2.79. The van der Waals surface area contributed by atoms with E-state index in [-0.39, 0.29) is 6.10 Å². The molecule has 0 saturated carbocycles. The van der Waals surface area contributed by atoms with Crippen LogP contribution < -0.4 is 0 Å². The normalized spacial score (nSPS) is 30.2. The van der Waals surface area contributed by atoms with Crippen LogP contribution in [0.1, 0.15) is 12.8 Å². The fourth-order valence-corrected chi connectivity index (χ4v) is 2.52. The van der Waals surface area contributed by atoms with Gasteiger partial charge in [-0.15, -0.1) is 0 Å². The van der Waals surface area contributed by atoms with E-state index in [1.165, 1.54) is 6.21 Å². The molecule has 84 valence electrons. The predicted octanol–water partition coefficient (Wildman–Crippen LogP) is 0.353. The van der Waals surface area contributed by atoms with Gasteiger partial charge in [-0.2, -0.15) is 12.8 Å². The van der Waals surface area contributed by atoms with E-state index in [0.29, 0.717) is 5.76 Å². The van der Waals surface area contributed by atoms with Crippen LogP contribution in [0.25, 0.3) is 0 Å². The second-order valence-corrected chi connectivity index (χ2v) is 5.39. The smallest absolute Gasteiger partial charge is 0.279 e. The van der Waals surface area contributed by atoms with Crippen molar-refractivity contribution in [2.45, 2.75) is 18.9 Å². The number of likely N-dealkylation sites (N-methyl/N-ethyl adjacent to an activating group) is 1. The highest BCUT2D eigenvalue weighted by Gasteiger charge is 2.21. The molecule has 0 aliphatic carbocycles. The Morgan fingerprint density at radius 3 is 3.00 bits per heavy atom. The maximum atomic E-state index is 11.0. The van der Waals surface area contributed by atoms with Crippen molar-refractivity contribution in [1.29, 1.82) is 0 Å². The molecule has 0 bridgehead atoms. The van der Waals surface area contributed by atoms with Crippen LogP contribution in [0.15, 0.2) is 15.6 Å². The SMILES string of the molecule is CN1CCCC(OC2=CS(=O)(=O)N=C2)C1. The summed E-state index contributed by atoms with van der Waals surface area (Å²) in [6.07, 6.45) is 3.40. The molecule has 2 aliphatic heterocycles. The Labute approximate surface area is 89.5 Å². The maximum Gasteiger partial charge on any atom is 0.279 e. The molecule has 0 N–H and O–H groups in total. The van der Waals surface area contributed by atoms with Crippen molar-refractivity contribution in [3.05, 3.63) is 11.2 Å². The first kappa shape index (κ1) is 10.6. The van der Waals surface area contributed by atoms with Crippen molar-refractivity contribution >= 4 is 16.2 Å². The molecule has 1 saturated heterocycles. The number of hydrogen-bond donors (Lipinski definition) is 0. The van der Waals surface area contributed by atoms with Crippen LogP contribution in [-0.2, 0) is 14.8 Å². The maximum absolute atomic E-state index is 11.0. The van der Waals surface area contributed by atoms with E-state index in [4.69, 9.17) is 4.74 Å². The number of rotatable bonds is 2. The molecule has 2 rings (SSSR count). The van der Waals surface area contributed by atoms with Crippen LogP contribution in [0.2, 0.25) is 0 Å². The largest absolute Gasteiger partial charge is 0.487 e. The minimum atomic E-state index is -3.39. The molecule has 1 unspecified atom stereocenters. The van der Waals surface area contributed by atoms with E-state index >= 15 is 0 Å². The lowest BCUT2D eigenvalue weighted by Crippen LogP contribution is -2.36. The Balaban J connectivity index is 1.96. The van der Waals surface area contributed by atoms with E-state index in [2.05, 4.69) is 9.30 Å². The molecule has 1 atom stereocenters. The second kappa shape index (κ2) is 3.94. The number of ether oxygens (including phenoxy) is 1. The fraction of sp³-hybridized carbons (Fsp3) is 0.667. The highest BCUT2D eigenvalue weighted by atomic mass is 32.2. The van der Waals surface area contributed by atoms with Crippen LogP contribution in [0.4, 0.5) is 0 Å². The van der Waals surface area contributed by atoms with Crippen molar-refractivity contribution in [1.82, 2.24) is 4.90 Å². The summed E-state index contributed by atoms with van der Waals surface area (Å²) in [5.41, 5.74) is 0. The summed E-state index contributed by atoms with van der Waals surface area (Å²) in [6.45, 7) is 1.91. The summed E-state index contributed by atoms with van der Waals surface area (Å²) in [7, 11) is -1.36. The highest BCUT2D eigenvalue weighted by molar-refractivity contribution is 7.93. The lowest BCUT2D eigenvalue weighted by molar-refractivity contribution is 0.0604. The Hall–Kier alpha value is -0.880. The highest BCUT2D eigenvalue weighted by Crippen LogP contribution is 2.17. The van der Waals surface area contributed by atoms with Crippen LogP contribution in [-0.4, -0.2) is 45.8 Å². The molecule has 2 heterocycles. The zero-order valence-corrected chi connectivity index (χ0v) is 9.40. The monoisotopic (exact) mass is 230 g/mol. The third kappa shape index (κ3) is 2.79. The number of nitrogens with zero attached hydrogens (tertiary/aromatic N) is 2. The number of hydrogen-bond acceptors (Lipinski definition) is 4. The third-order valence-corrected chi connectivity index (χ3v) is 3.41. The van der Waals surface area contributed by atoms with Gasteiger partial charge in [0.15, 0.2) is 5.76 Å². The molecular formula is C9H14N2O3S. The molecule has 2 aliphatic rings. The number of piperidine rings is 1. The van der Waals surface area contributed by atoms with E-state index < -0.39 is 10.0 Å². The van der Waals surface area contributed by atoms with Crippen LogP contribution in [0, 0.1) is 0 Å². The van der Waals surface area contributed by atoms with Gasteiger partial charge in [-0.05, 0) is 26.4 Å². The van der Waals surface area contributed by atoms with Gasteiger partial charge < -0.3 is 9.64 Å². The first-order valence-corrected chi connectivity index (χ1v) is 6.43. The molecule has 6 heteroatoms. The van der Waals surface area contributed by atoms with Crippen molar-refractivity contribution in [3.63, 3.8) is 0 Å². The zero-order chi connectivity index (χ0) is 10.9. The van der Waals surface area contributed by atoms with Gasteiger partial charge in [-0.25, -0.2) is 0 Å². The van der Waals surface area contributed by atoms with Gasteiger partial charge in [-0.3, -0.25) is 0 Å². The molecule has 0 amide bonds. The van der Waals surface area contributed by atoms with E-state index in [0.717, 1.165) is 31.3 Å². The molecule has 1 fully saturated rings. The predicted molar refractivity (Wildman–Crippen MR) is 57.1 cm³/mol. The first-order valence-electron chi connectivity index (χ1n) is 4.92. The molecular weight excluding hydrogens is 216 g/mol. The van der Waals surface area contributed by atoms with E-state index in [9.17, 15) is 8.42 Å². The second-order valence-electron chi connectivity index (χ2n) is 3.91. The van der Waals surface area contributed by atoms with Gasteiger partial charge in [0.25, 0.3) is 10.0 Å². The lowest BCUT2D eigenvalue weighted by atomic mass is 10.1. The van der Waals surface area contributed by atoms with Gasteiger partial charge in [0.2, 0.25) is 0 Å².